The fourth-order valence-corrected chi connectivity index (χ4v) is 4.05. The number of thiazole rings is 1. The molecule has 23 heavy (non-hydrogen) atoms. The van der Waals surface area contributed by atoms with Crippen molar-refractivity contribution in [3.63, 3.8) is 0 Å². The zero-order valence-corrected chi connectivity index (χ0v) is 15.8. The first-order chi connectivity index (χ1) is 10.9. The Bertz CT molecular complexity index is 685. The van der Waals surface area contributed by atoms with E-state index in [-0.39, 0.29) is 11.9 Å². The van der Waals surface area contributed by atoms with Gasteiger partial charge in [-0.05, 0) is 39.0 Å². The summed E-state index contributed by atoms with van der Waals surface area (Å²) in [5.41, 5.74) is 0.995. The van der Waals surface area contributed by atoms with Gasteiger partial charge in [-0.25, -0.2) is 4.98 Å². The van der Waals surface area contributed by atoms with E-state index in [1.54, 1.807) is 23.3 Å². The molecule has 0 fully saturated rings. The van der Waals surface area contributed by atoms with Gasteiger partial charge in [-0.1, -0.05) is 6.07 Å². The van der Waals surface area contributed by atoms with E-state index in [0.29, 0.717) is 5.75 Å². The molecule has 0 unspecified atom stereocenters. The first-order valence-corrected chi connectivity index (χ1v) is 9.19. The normalized spacial score (nSPS) is 12.0. The second-order valence-corrected chi connectivity index (χ2v) is 7.78. The monoisotopic (exact) mass is 350 g/mol. The van der Waals surface area contributed by atoms with Crippen molar-refractivity contribution >= 4 is 29.0 Å². The molecule has 1 amide bonds. The Kier molecular flexibility index (Phi) is 6.07. The van der Waals surface area contributed by atoms with Crippen LogP contribution < -0.4 is 4.74 Å². The summed E-state index contributed by atoms with van der Waals surface area (Å²) in [5, 5.41) is 1.04. The van der Waals surface area contributed by atoms with Gasteiger partial charge in [-0.2, -0.15) is 0 Å². The predicted molar refractivity (Wildman–Crippen MR) is 96.5 cm³/mol. The van der Waals surface area contributed by atoms with Gasteiger partial charge in [0.15, 0.2) is 0 Å². The summed E-state index contributed by atoms with van der Waals surface area (Å²) in [5.74, 6) is 1.30. The smallest absolute Gasteiger partial charge is 0.233 e. The van der Waals surface area contributed by atoms with Gasteiger partial charge in [0.2, 0.25) is 5.91 Å². The molecule has 0 bridgehead atoms. The van der Waals surface area contributed by atoms with Gasteiger partial charge < -0.3 is 9.64 Å². The van der Waals surface area contributed by atoms with Crippen LogP contribution in [-0.4, -0.2) is 35.7 Å². The fraction of sp³-hybridized carbons (Fsp3) is 0.412. The average Bonchev–Trinajstić information content (AvgIpc) is 2.89. The Morgan fingerprint density at radius 1 is 1.43 bits per heavy atom. The summed E-state index contributed by atoms with van der Waals surface area (Å²) in [4.78, 5) is 21.0. The number of rotatable bonds is 6. The first-order valence-electron chi connectivity index (χ1n) is 7.38. The van der Waals surface area contributed by atoms with E-state index in [4.69, 9.17) is 4.74 Å². The highest BCUT2D eigenvalue weighted by Crippen LogP contribution is 2.28. The van der Waals surface area contributed by atoms with Crippen LogP contribution >= 0.6 is 23.1 Å². The standard InChI is InChI=1S/C17H22N2O2S2/c1-11(17-12(2)23-13(3)18-17)19(4)16(20)10-22-15-8-6-7-14(9-15)21-5/h6-9,11H,10H2,1-5H3/t11-/m1/s1. The van der Waals surface area contributed by atoms with Crippen molar-refractivity contribution in [2.45, 2.75) is 31.7 Å². The number of amides is 1. The lowest BCUT2D eigenvalue weighted by molar-refractivity contribution is -0.129. The van der Waals surface area contributed by atoms with E-state index in [1.165, 1.54) is 16.6 Å². The molecular weight excluding hydrogens is 328 g/mol. The SMILES string of the molecule is COc1cccc(SCC(=O)N(C)[C@H](C)c2nc(C)sc2C)c1. The quantitative estimate of drug-likeness (QED) is 0.736. The van der Waals surface area contributed by atoms with Crippen molar-refractivity contribution in [2.24, 2.45) is 0 Å². The molecule has 4 nitrogen and oxygen atoms in total. The topological polar surface area (TPSA) is 42.4 Å². The number of benzene rings is 1. The number of carbonyl (C=O) groups excluding carboxylic acids is 1. The van der Waals surface area contributed by atoms with Gasteiger partial charge in [0.25, 0.3) is 0 Å². The fourth-order valence-electron chi connectivity index (χ4n) is 2.27. The zero-order chi connectivity index (χ0) is 17.0. The molecule has 0 saturated carbocycles. The summed E-state index contributed by atoms with van der Waals surface area (Å²) in [6.07, 6.45) is 0. The maximum absolute atomic E-state index is 12.5. The van der Waals surface area contributed by atoms with Crippen LogP contribution in [-0.2, 0) is 4.79 Å². The number of carbonyl (C=O) groups is 1. The molecule has 1 aromatic heterocycles. The molecule has 124 valence electrons. The van der Waals surface area contributed by atoms with E-state index in [1.807, 2.05) is 45.2 Å². The van der Waals surface area contributed by atoms with Crippen molar-refractivity contribution in [3.8, 4) is 5.75 Å². The number of hydrogen-bond donors (Lipinski definition) is 0. The van der Waals surface area contributed by atoms with E-state index in [9.17, 15) is 4.79 Å². The maximum atomic E-state index is 12.5. The van der Waals surface area contributed by atoms with Crippen LogP contribution in [0.15, 0.2) is 29.2 Å². The van der Waals surface area contributed by atoms with Gasteiger partial charge in [0, 0.05) is 16.8 Å². The first kappa shape index (κ1) is 17.8. The summed E-state index contributed by atoms with van der Waals surface area (Å²) in [6, 6.07) is 7.73. The molecule has 0 N–H and O–H groups in total. The molecule has 0 spiro atoms. The van der Waals surface area contributed by atoms with Crippen LogP contribution in [0.3, 0.4) is 0 Å². The van der Waals surface area contributed by atoms with Crippen LogP contribution in [0.25, 0.3) is 0 Å². The van der Waals surface area contributed by atoms with Crippen LogP contribution in [0.2, 0.25) is 0 Å². The van der Waals surface area contributed by atoms with Gasteiger partial charge in [0.05, 0.1) is 29.6 Å². The van der Waals surface area contributed by atoms with Crippen molar-refractivity contribution in [1.29, 1.82) is 0 Å². The number of hydrogen-bond acceptors (Lipinski definition) is 5. The number of ether oxygens (including phenoxy) is 1. The zero-order valence-electron chi connectivity index (χ0n) is 14.1. The number of methoxy groups -OCH3 is 1. The highest BCUT2D eigenvalue weighted by atomic mass is 32.2. The lowest BCUT2D eigenvalue weighted by Crippen LogP contribution is -2.31. The third-order valence-electron chi connectivity index (χ3n) is 3.71. The van der Waals surface area contributed by atoms with E-state index in [0.717, 1.165) is 21.3 Å². The highest BCUT2D eigenvalue weighted by Gasteiger charge is 2.21. The van der Waals surface area contributed by atoms with Gasteiger partial charge in [0.1, 0.15) is 5.75 Å². The minimum Gasteiger partial charge on any atom is -0.497 e. The number of thioether (sulfide) groups is 1. The van der Waals surface area contributed by atoms with E-state index in [2.05, 4.69) is 11.9 Å². The van der Waals surface area contributed by atoms with Crippen molar-refractivity contribution in [1.82, 2.24) is 9.88 Å². The van der Waals surface area contributed by atoms with Gasteiger partial charge in [-0.3, -0.25) is 4.79 Å². The van der Waals surface area contributed by atoms with Gasteiger partial charge >= 0.3 is 0 Å². The molecule has 2 aromatic rings. The minimum absolute atomic E-state index is 0.0154. The second-order valence-electron chi connectivity index (χ2n) is 5.32. The van der Waals surface area contributed by atoms with Crippen LogP contribution in [0.5, 0.6) is 5.75 Å². The number of nitrogens with zero attached hydrogens (tertiary/aromatic N) is 2. The lowest BCUT2D eigenvalue weighted by Gasteiger charge is -2.24. The molecule has 0 radical (unpaired) electrons. The third-order valence-corrected chi connectivity index (χ3v) is 5.59. The van der Waals surface area contributed by atoms with Crippen LogP contribution in [0.1, 0.15) is 28.5 Å². The van der Waals surface area contributed by atoms with Crippen LogP contribution in [0.4, 0.5) is 0 Å². The summed E-state index contributed by atoms with van der Waals surface area (Å²) >= 11 is 3.19. The second kappa shape index (κ2) is 7.84. The molecule has 6 heteroatoms. The lowest BCUT2D eigenvalue weighted by atomic mass is 10.2. The summed E-state index contributed by atoms with van der Waals surface area (Å²) in [7, 11) is 3.48. The Morgan fingerprint density at radius 2 is 2.17 bits per heavy atom. The minimum atomic E-state index is -0.0154. The highest BCUT2D eigenvalue weighted by molar-refractivity contribution is 8.00. The molecule has 0 saturated heterocycles. The molecule has 0 aliphatic rings. The Balaban J connectivity index is 1.98. The number of aryl methyl sites for hydroxylation is 2. The van der Waals surface area contributed by atoms with Gasteiger partial charge in [-0.15, -0.1) is 23.1 Å². The van der Waals surface area contributed by atoms with E-state index < -0.39 is 0 Å². The Morgan fingerprint density at radius 3 is 2.78 bits per heavy atom. The predicted octanol–water partition coefficient (Wildman–Crippen LogP) is 4.08. The molecule has 1 aromatic carbocycles. The third kappa shape index (κ3) is 4.48. The van der Waals surface area contributed by atoms with Crippen molar-refractivity contribution < 1.29 is 9.53 Å². The molecular formula is C17H22N2O2S2. The summed E-state index contributed by atoms with van der Waals surface area (Å²) < 4.78 is 5.20. The molecule has 2 rings (SSSR count). The van der Waals surface area contributed by atoms with Crippen LogP contribution in [0, 0.1) is 13.8 Å². The Hall–Kier alpha value is -1.53. The average molecular weight is 351 g/mol. The van der Waals surface area contributed by atoms with Crippen molar-refractivity contribution in [3.05, 3.63) is 39.8 Å². The molecule has 0 aliphatic carbocycles. The van der Waals surface area contributed by atoms with E-state index >= 15 is 0 Å². The maximum Gasteiger partial charge on any atom is 0.233 e. The molecule has 0 aliphatic heterocycles. The largest absolute Gasteiger partial charge is 0.497 e. The van der Waals surface area contributed by atoms with Crippen molar-refractivity contribution in [2.75, 3.05) is 19.9 Å². The summed E-state index contributed by atoms with van der Waals surface area (Å²) in [6.45, 7) is 6.07. The molecule has 1 atom stereocenters. The number of aromatic nitrogens is 1. The Labute approximate surface area is 145 Å². The molecule has 1 heterocycles.